The number of carboxylic acid groups (broad SMARTS) is 1. The highest BCUT2D eigenvalue weighted by Gasteiger charge is 2.04. The van der Waals surface area contributed by atoms with E-state index in [-0.39, 0.29) is 5.71 Å². The summed E-state index contributed by atoms with van der Waals surface area (Å²) in [4.78, 5) is 10.5. The zero-order chi connectivity index (χ0) is 13.5. The van der Waals surface area contributed by atoms with E-state index in [1.165, 1.54) is 6.92 Å². The number of carbonyl (C=O) groups is 1. The number of rotatable bonds is 6. The van der Waals surface area contributed by atoms with Crippen molar-refractivity contribution in [1.29, 1.82) is 0 Å². The number of hydrazone groups is 1. The molecule has 0 spiro atoms. The fourth-order valence-corrected chi connectivity index (χ4v) is 1.55. The molecule has 1 aromatic rings. The summed E-state index contributed by atoms with van der Waals surface area (Å²) < 4.78 is 5.20. The van der Waals surface area contributed by atoms with Gasteiger partial charge in [-0.1, -0.05) is 11.6 Å². The number of nitrogens with zero attached hydrogens (tertiary/aromatic N) is 1. The average molecular weight is 271 g/mol. The van der Waals surface area contributed by atoms with Crippen molar-refractivity contribution < 1.29 is 14.6 Å². The number of carboxylic acids is 1. The molecule has 0 fully saturated rings. The summed E-state index contributed by atoms with van der Waals surface area (Å²) in [5.74, 6) is -0.289. The molecule has 0 saturated carbocycles. The predicted octanol–water partition coefficient (Wildman–Crippen LogP) is 1.94. The van der Waals surface area contributed by atoms with Gasteiger partial charge in [-0.05, 0) is 37.1 Å². The summed E-state index contributed by atoms with van der Waals surface area (Å²) in [6, 6.07) is 5.36. The molecule has 0 atom stereocenters. The third-order valence-electron chi connectivity index (χ3n) is 2.30. The van der Waals surface area contributed by atoms with Gasteiger partial charge in [-0.3, -0.25) is 0 Å². The Hall–Kier alpha value is -1.75. The van der Waals surface area contributed by atoms with Gasteiger partial charge in [0, 0.05) is 11.6 Å². The lowest BCUT2D eigenvalue weighted by molar-refractivity contribution is -0.129. The number of methoxy groups -OCH3 is 1. The van der Waals surface area contributed by atoms with Gasteiger partial charge < -0.3 is 15.3 Å². The SMILES string of the molecule is COc1ccc(Cl)cc1CCNN=C(C)C(=O)O. The maximum absolute atomic E-state index is 10.5. The van der Waals surface area contributed by atoms with Crippen LogP contribution in [-0.2, 0) is 11.2 Å². The van der Waals surface area contributed by atoms with Crippen LogP contribution in [0.25, 0.3) is 0 Å². The molecule has 0 bridgehead atoms. The second-order valence-corrected chi connectivity index (χ2v) is 4.05. The first-order valence-electron chi connectivity index (χ1n) is 5.37. The van der Waals surface area contributed by atoms with Crippen LogP contribution in [0.15, 0.2) is 23.3 Å². The number of aliphatic carboxylic acids is 1. The number of ether oxygens (including phenoxy) is 1. The molecule has 0 unspecified atom stereocenters. The number of nitrogens with one attached hydrogen (secondary N) is 1. The molecule has 0 aliphatic rings. The lowest BCUT2D eigenvalue weighted by Gasteiger charge is -2.08. The molecule has 6 heteroatoms. The van der Waals surface area contributed by atoms with E-state index in [1.807, 2.05) is 6.07 Å². The van der Waals surface area contributed by atoms with Crippen molar-refractivity contribution in [3.05, 3.63) is 28.8 Å². The second-order valence-electron chi connectivity index (χ2n) is 3.62. The molecular weight excluding hydrogens is 256 g/mol. The topological polar surface area (TPSA) is 70.9 Å². The molecule has 0 aliphatic heterocycles. The van der Waals surface area contributed by atoms with Crippen LogP contribution in [-0.4, -0.2) is 30.4 Å². The van der Waals surface area contributed by atoms with Crippen molar-refractivity contribution >= 4 is 23.3 Å². The third kappa shape index (κ3) is 4.25. The average Bonchev–Trinajstić information content (AvgIpc) is 2.34. The first kappa shape index (κ1) is 14.3. The Kier molecular flexibility index (Phi) is 5.45. The maximum atomic E-state index is 10.5. The van der Waals surface area contributed by atoms with Crippen LogP contribution in [0.2, 0.25) is 5.02 Å². The van der Waals surface area contributed by atoms with Crippen LogP contribution < -0.4 is 10.2 Å². The highest BCUT2D eigenvalue weighted by atomic mass is 35.5. The molecule has 0 radical (unpaired) electrons. The van der Waals surface area contributed by atoms with Gasteiger partial charge in [0.1, 0.15) is 11.5 Å². The lowest BCUT2D eigenvalue weighted by atomic mass is 10.1. The summed E-state index contributed by atoms with van der Waals surface area (Å²) in [6.07, 6.45) is 0.639. The van der Waals surface area contributed by atoms with Crippen LogP contribution in [0.1, 0.15) is 12.5 Å². The monoisotopic (exact) mass is 270 g/mol. The minimum Gasteiger partial charge on any atom is -0.496 e. The summed E-state index contributed by atoms with van der Waals surface area (Å²) in [5, 5.41) is 13.0. The molecule has 0 saturated heterocycles. The van der Waals surface area contributed by atoms with Gasteiger partial charge in [0.25, 0.3) is 0 Å². The summed E-state index contributed by atoms with van der Waals surface area (Å²) >= 11 is 5.90. The Morgan fingerprint density at radius 2 is 2.28 bits per heavy atom. The van der Waals surface area contributed by atoms with E-state index in [9.17, 15) is 4.79 Å². The van der Waals surface area contributed by atoms with E-state index in [2.05, 4.69) is 10.5 Å². The number of halogens is 1. The first-order chi connectivity index (χ1) is 8.54. The number of hydrogen-bond donors (Lipinski definition) is 2. The van der Waals surface area contributed by atoms with Crippen molar-refractivity contribution in [2.75, 3.05) is 13.7 Å². The molecule has 1 rings (SSSR count). The second kappa shape index (κ2) is 6.86. The molecule has 0 heterocycles. The molecule has 18 heavy (non-hydrogen) atoms. The largest absolute Gasteiger partial charge is 0.496 e. The van der Waals surface area contributed by atoms with Gasteiger partial charge in [-0.2, -0.15) is 5.10 Å². The number of benzene rings is 1. The smallest absolute Gasteiger partial charge is 0.351 e. The Bertz CT molecular complexity index is 461. The van der Waals surface area contributed by atoms with Crippen LogP contribution in [0.4, 0.5) is 0 Å². The van der Waals surface area contributed by atoms with Gasteiger partial charge in [0.05, 0.1) is 7.11 Å². The Labute approximate surface area is 110 Å². The van der Waals surface area contributed by atoms with E-state index in [4.69, 9.17) is 21.4 Å². The fourth-order valence-electron chi connectivity index (χ4n) is 1.36. The van der Waals surface area contributed by atoms with Gasteiger partial charge in [0.15, 0.2) is 0 Å². The highest BCUT2D eigenvalue weighted by Crippen LogP contribution is 2.22. The molecule has 0 aromatic heterocycles. The Morgan fingerprint density at radius 1 is 1.56 bits per heavy atom. The number of hydrogen-bond acceptors (Lipinski definition) is 4. The zero-order valence-corrected chi connectivity index (χ0v) is 11.0. The van der Waals surface area contributed by atoms with Crippen molar-refractivity contribution in [1.82, 2.24) is 5.43 Å². The highest BCUT2D eigenvalue weighted by molar-refractivity contribution is 6.34. The van der Waals surface area contributed by atoms with Crippen LogP contribution in [0, 0.1) is 0 Å². The van der Waals surface area contributed by atoms with E-state index in [0.29, 0.717) is 18.0 Å². The van der Waals surface area contributed by atoms with Crippen molar-refractivity contribution in [3.63, 3.8) is 0 Å². The molecule has 1 aromatic carbocycles. The third-order valence-corrected chi connectivity index (χ3v) is 2.54. The maximum Gasteiger partial charge on any atom is 0.351 e. The minimum atomic E-state index is -1.04. The van der Waals surface area contributed by atoms with Crippen LogP contribution in [0.3, 0.4) is 0 Å². The molecule has 98 valence electrons. The minimum absolute atomic E-state index is 0.0214. The zero-order valence-electron chi connectivity index (χ0n) is 10.2. The van der Waals surface area contributed by atoms with E-state index in [0.717, 1.165) is 11.3 Å². The van der Waals surface area contributed by atoms with Crippen LogP contribution >= 0.6 is 11.6 Å². The summed E-state index contributed by atoms with van der Waals surface area (Å²) in [7, 11) is 1.59. The van der Waals surface area contributed by atoms with E-state index < -0.39 is 5.97 Å². The standard InChI is InChI=1S/C12H15ClN2O3/c1-8(12(16)17)15-14-6-5-9-7-10(13)3-4-11(9)18-2/h3-4,7,14H,5-6H2,1-2H3,(H,16,17). The van der Waals surface area contributed by atoms with Gasteiger partial charge in [-0.25, -0.2) is 4.79 Å². The Balaban J connectivity index is 2.56. The quantitative estimate of drug-likeness (QED) is 0.471. The lowest BCUT2D eigenvalue weighted by Crippen LogP contribution is -2.17. The summed E-state index contributed by atoms with van der Waals surface area (Å²) in [5.41, 5.74) is 3.66. The molecular formula is C12H15ClN2O3. The predicted molar refractivity (Wildman–Crippen MR) is 70.5 cm³/mol. The molecule has 0 aliphatic carbocycles. The van der Waals surface area contributed by atoms with Crippen molar-refractivity contribution in [2.45, 2.75) is 13.3 Å². The van der Waals surface area contributed by atoms with E-state index >= 15 is 0 Å². The normalized spacial score (nSPS) is 11.2. The van der Waals surface area contributed by atoms with Gasteiger partial charge >= 0.3 is 5.97 Å². The first-order valence-corrected chi connectivity index (χ1v) is 5.75. The van der Waals surface area contributed by atoms with E-state index in [1.54, 1.807) is 19.2 Å². The summed E-state index contributed by atoms with van der Waals surface area (Å²) in [6.45, 7) is 1.93. The Morgan fingerprint density at radius 3 is 2.89 bits per heavy atom. The van der Waals surface area contributed by atoms with Gasteiger partial charge in [-0.15, -0.1) is 0 Å². The van der Waals surface area contributed by atoms with Crippen molar-refractivity contribution in [3.8, 4) is 5.75 Å². The van der Waals surface area contributed by atoms with Crippen molar-refractivity contribution in [2.24, 2.45) is 5.10 Å². The van der Waals surface area contributed by atoms with Gasteiger partial charge in [0.2, 0.25) is 0 Å². The molecule has 2 N–H and O–H groups in total. The molecule has 0 amide bonds. The fraction of sp³-hybridized carbons (Fsp3) is 0.333. The van der Waals surface area contributed by atoms with Crippen LogP contribution in [0.5, 0.6) is 5.75 Å². The molecule has 5 nitrogen and oxygen atoms in total.